The Labute approximate surface area is 157 Å². The number of nitrogens with one attached hydrogen (secondary N) is 2. The van der Waals surface area contributed by atoms with Gasteiger partial charge in [-0.15, -0.1) is 0 Å². The molecule has 7 heteroatoms. The molecule has 6 nitrogen and oxygen atoms in total. The number of nitrogens with zero attached hydrogens (tertiary/aromatic N) is 3. The molecule has 0 aliphatic carbocycles. The summed E-state index contributed by atoms with van der Waals surface area (Å²) < 4.78 is 19.7. The van der Waals surface area contributed by atoms with Gasteiger partial charge in [0.1, 0.15) is 11.3 Å². The maximum absolute atomic E-state index is 13.9. The summed E-state index contributed by atoms with van der Waals surface area (Å²) >= 11 is 0. The van der Waals surface area contributed by atoms with E-state index in [2.05, 4.69) is 20.6 Å². The zero-order chi connectivity index (χ0) is 18.6. The highest BCUT2D eigenvalue weighted by molar-refractivity contribution is 5.81. The van der Waals surface area contributed by atoms with Gasteiger partial charge in [0.05, 0.1) is 6.54 Å². The van der Waals surface area contributed by atoms with E-state index >= 15 is 0 Å². The van der Waals surface area contributed by atoms with Gasteiger partial charge in [-0.05, 0) is 30.7 Å². The van der Waals surface area contributed by atoms with Crippen LogP contribution in [0.15, 0.2) is 58.1 Å². The van der Waals surface area contributed by atoms with Crippen molar-refractivity contribution in [3.63, 3.8) is 0 Å². The van der Waals surface area contributed by atoms with Gasteiger partial charge in [-0.25, -0.2) is 9.37 Å². The molecule has 1 atom stereocenters. The third kappa shape index (κ3) is 3.86. The van der Waals surface area contributed by atoms with Crippen LogP contribution in [-0.4, -0.2) is 37.1 Å². The largest absolute Gasteiger partial charge is 0.459 e. The number of aromatic nitrogens is 1. The van der Waals surface area contributed by atoms with Crippen LogP contribution in [0.3, 0.4) is 0 Å². The summed E-state index contributed by atoms with van der Waals surface area (Å²) in [6, 6.07) is 13.2. The number of pyridine rings is 1. The minimum atomic E-state index is -0.287. The Morgan fingerprint density at radius 2 is 2.22 bits per heavy atom. The molecule has 27 heavy (non-hydrogen) atoms. The lowest BCUT2D eigenvalue weighted by Crippen LogP contribution is -2.44. The number of benzene rings is 1. The molecule has 4 rings (SSSR count). The minimum Gasteiger partial charge on any atom is -0.459 e. The molecule has 0 amide bonds. The molecule has 0 radical (unpaired) electrons. The zero-order valence-corrected chi connectivity index (χ0v) is 15.2. The molecule has 0 bridgehead atoms. The van der Waals surface area contributed by atoms with Gasteiger partial charge < -0.3 is 20.0 Å². The Morgan fingerprint density at radius 1 is 1.33 bits per heavy atom. The van der Waals surface area contributed by atoms with Crippen LogP contribution in [0.2, 0.25) is 0 Å². The lowest BCUT2D eigenvalue weighted by Gasteiger charge is -2.19. The highest BCUT2D eigenvalue weighted by atomic mass is 19.1. The van der Waals surface area contributed by atoms with Crippen molar-refractivity contribution >= 4 is 22.7 Å². The summed E-state index contributed by atoms with van der Waals surface area (Å²) in [6.07, 6.45) is 2.51. The summed E-state index contributed by atoms with van der Waals surface area (Å²) in [4.78, 5) is 10.4. The molecule has 140 valence electrons. The van der Waals surface area contributed by atoms with Crippen LogP contribution < -0.4 is 15.5 Å². The van der Waals surface area contributed by atoms with Crippen molar-refractivity contribution in [2.45, 2.75) is 19.0 Å². The van der Waals surface area contributed by atoms with Gasteiger partial charge >= 0.3 is 0 Å². The van der Waals surface area contributed by atoms with Crippen LogP contribution in [0.1, 0.15) is 12.2 Å². The van der Waals surface area contributed by atoms with Crippen molar-refractivity contribution in [3.05, 3.63) is 60.2 Å². The van der Waals surface area contributed by atoms with E-state index in [4.69, 9.17) is 4.42 Å². The SMILES string of the molecule is CN=C(NCc1cc2ccccc2o1)NC1CCN(c2ncccc2F)C1. The highest BCUT2D eigenvalue weighted by Crippen LogP contribution is 2.21. The number of para-hydroxylation sites is 1. The second-order valence-electron chi connectivity index (χ2n) is 6.56. The maximum atomic E-state index is 13.9. The van der Waals surface area contributed by atoms with Crippen molar-refractivity contribution in [1.29, 1.82) is 0 Å². The monoisotopic (exact) mass is 367 g/mol. The van der Waals surface area contributed by atoms with E-state index in [0.717, 1.165) is 29.7 Å². The summed E-state index contributed by atoms with van der Waals surface area (Å²) in [5.74, 6) is 1.67. The Balaban J connectivity index is 1.33. The molecule has 1 unspecified atom stereocenters. The first-order valence-corrected chi connectivity index (χ1v) is 9.03. The van der Waals surface area contributed by atoms with E-state index in [9.17, 15) is 4.39 Å². The third-order valence-electron chi connectivity index (χ3n) is 4.70. The summed E-state index contributed by atoms with van der Waals surface area (Å²) in [5.41, 5.74) is 0.876. The van der Waals surface area contributed by atoms with Gasteiger partial charge in [0.25, 0.3) is 0 Å². The molecule has 1 aromatic carbocycles. The average Bonchev–Trinajstić information content (AvgIpc) is 3.32. The maximum Gasteiger partial charge on any atom is 0.191 e. The predicted molar refractivity (Wildman–Crippen MR) is 104 cm³/mol. The molecule has 3 aromatic rings. The van der Waals surface area contributed by atoms with Crippen molar-refractivity contribution in [2.75, 3.05) is 25.0 Å². The average molecular weight is 367 g/mol. The van der Waals surface area contributed by atoms with Gasteiger partial charge in [0, 0.05) is 37.8 Å². The molecular formula is C20H22FN5O. The first-order valence-electron chi connectivity index (χ1n) is 9.03. The van der Waals surface area contributed by atoms with Gasteiger partial charge in [-0.3, -0.25) is 4.99 Å². The Morgan fingerprint density at radius 3 is 3.04 bits per heavy atom. The number of aliphatic imine (C=N–C) groups is 1. The number of halogens is 1. The van der Waals surface area contributed by atoms with Crippen LogP contribution in [-0.2, 0) is 6.54 Å². The number of fused-ring (bicyclic) bond motifs is 1. The van der Waals surface area contributed by atoms with E-state index in [1.165, 1.54) is 6.07 Å². The molecular weight excluding hydrogens is 345 g/mol. The highest BCUT2D eigenvalue weighted by Gasteiger charge is 2.25. The third-order valence-corrected chi connectivity index (χ3v) is 4.70. The van der Waals surface area contributed by atoms with Crippen LogP contribution in [0, 0.1) is 5.82 Å². The van der Waals surface area contributed by atoms with Crippen molar-refractivity contribution in [1.82, 2.24) is 15.6 Å². The Kier molecular flexibility index (Phi) is 4.91. The number of hydrogen-bond acceptors (Lipinski definition) is 4. The topological polar surface area (TPSA) is 65.7 Å². The standard InChI is InChI=1S/C20H22FN5O/c1-22-20(24-12-16-11-14-5-2-3-7-18(14)27-16)25-15-8-10-26(13-15)19-17(21)6-4-9-23-19/h2-7,9,11,15H,8,10,12-13H2,1H3,(H2,22,24,25). The predicted octanol–water partition coefficient (Wildman–Crippen LogP) is 2.91. The van der Waals surface area contributed by atoms with E-state index in [0.29, 0.717) is 24.9 Å². The molecule has 0 spiro atoms. The molecule has 1 saturated heterocycles. The Hall–Kier alpha value is -3.09. The molecule has 3 heterocycles. The molecule has 0 saturated carbocycles. The smallest absolute Gasteiger partial charge is 0.191 e. The van der Waals surface area contributed by atoms with Gasteiger partial charge in [-0.1, -0.05) is 18.2 Å². The molecule has 2 aromatic heterocycles. The lowest BCUT2D eigenvalue weighted by atomic mass is 10.2. The summed E-state index contributed by atoms with van der Waals surface area (Å²) in [5, 5.41) is 7.75. The van der Waals surface area contributed by atoms with Crippen molar-refractivity contribution in [3.8, 4) is 0 Å². The second kappa shape index (κ2) is 7.65. The van der Waals surface area contributed by atoms with Gasteiger partial charge in [-0.2, -0.15) is 0 Å². The number of anilines is 1. The van der Waals surface area contributed by atoms with Gasteiger partial charge in [0.2, 0.25) is 0 Å². The summed E-state index contributed by atoms with van der Waals surface area (Å²) in [7, 11) is 1.74. The van der Waals surface area contributed by atoms with Crippen molar-refractivity contribution in [2.24, 2.45) is 4.99 Å². The number of rotatable bonds is 4. The van der Waals surface area contributed by atoms with Crippen LogP contribution >= 0.6 is 0 Å². The fraction of sp³-hybridized carbons (Fsp3) is 0.300. The molecule has 1 aliphatic heterocycles. The number of guanidine groups is 1. The Bertz CT molecular complexity index is 921. The van der Waals surface area contributed by atoms with Crippen LogP contribution in [0.5, 0.6) is 0 Å². The normalized spacial score (nSPS) is 17.5. The first kappa shape index (κ1) is 17.3. The van der Waals surface area contributed by atoms with E-state index in [-0.39, 0.29) is 11.9 Å². The van der Waals surface area contributed by atoms with Crippen LogP contribution in [0.4, 0.5) is 10.2 Å². The molecule has 1 fully saturated rings. The van der Waals surface area contributed by atoms with Gasteiger partial charge in [0.15, 0.2) is 17.6 Å². The minimum absolute atomic E-state index is 0.174. The number of furan rings is 1. The van der Waals surface area contributed by atoms with E-state index in [1.807, 2.05) is 35.2 Å². The second-order valence-corrected chi connectivity index (χ2v) is 6.56. The fourth-order valence-electron chi connectivity index (χ4n) is 3.36. The van der Waals surface area contributed by atoms with Crippen molar-refractivity contribution < 1.29 is 8.81 Å². The summed E-state index contributed by atoms with van der Waals surface area (Å²) in [6.45, 7) is 1.98. The lowest BCUT2D eigenvalue weighted by molar-refractivity contribution is 0.535. The first-order chi connectivity index (χ1) is 13.2. The quantitative estimate of drug-likeness (QED) is 0.548. The number of hydrogen-bond donors (Lipinski definition) is 2. The molecule has 1 aliphatic rings. The van der Waals surface area contributed by atoms with E-state index < -0.39 is 0 Å². The fourth-order valence-corrected chi connectivity index (χ4v) is 3.36. The zero-order valence-electron chi connectivity index (χ0n) is 15.2. The molecule has 2 N–H and O–H groups in total. The van der Waals surface area contributed by atoms with Crippen LogP contribution in [0.25, 0.3) is 11.0 Å². The van der Waals surface area contributed by atoms with E-state index in [1.54, 1.807) is 19.3 Å².